The van der Waals surface area contributed by atoms with Crippen LogP contribution in [0.3, 0.4) is 0 Å². The molecule has 0 bridgehead atoms. The molecule has 0 unspecified atom stereocenters. The van der Waals surface area contributed by atoms with Crippen molar-refractivity contribution < 1.29 is 38.4 Å². The molecular weight excluding hydrogens is 801 g/mol. The minimum Gasteiger partial charge on any atom is -0.477 e. The number of ether oxygens (including phenoxy) is 1. The Kier molecular flexibility index (Phi) is 11.9. The number of amides is 2. The van der Waals surface area contributed by atoms with Crippen LogP contribution in [0.15, 0.2) is 144 Å². The quantitative estimate of drug-likeness (QED) is 0.0297. The van der Waals surface area contributed by atoms with E-state index < -0.39 is 51.9 Å². The van der Waals surface area contributed by atoms with Gasteiger partial charge in [0.15, 0.2) is 24.7 Å². The SMILES string of the molecule is CC(C)(C)OC(=O)C(C)(C)O/N=C(/C(=O)N[C@@H]1C(=O)N2C(C(=O)O)=C(C[n+]3ccccc3)CS[C@H]12)c1cc(NC(c2ccccc2)(c2ccccc2)c2ccccc2)sn1. The number of anilines is 1. The lowest BCUT2D eigenvalue weighted by Crippen LogP contribution is -2.71. The molecule has 308 valence electrons. The second-order valence-electron chi connectivity index (χ2n) is 15.8. The Morgan fingerprint density at radius 1 is 0.867 bits per heavy atom. The number of esters is 1. The normalized spacial score (nSPS) is 17.0. The van der Waals surface area contributed by atoms with Gasteiger partial charge < -0.3 is 25.3 Å². The highest BCUT2D eigenvalue weighted by Gasteiger charge is 2.55. The number of oxime groups is 1. The number of carbonyl (C=O) groups is 4. The average molecular weight is 846 g/mol. The van der Waals surface area contributed by atoms with Crippen molar-refractivity contribution in [1.82, 2.24) is 14.6 Å². The van der Waals surface area contributed by atoms with Gasteiger partial charge in [-0.15, -0.1) is 11.8 Å². The number of benzene rings is 3. The molecule has 5 aromatic rings. The van der Waals surface area contributed by atoms with Gasteiger partial charge in [-0.25, -0.2) is 14.2 Å². The summed E-state index contributed by atoms with van der Waals surface area (Å²) in [4.78, 5) is 60.9. The Bertz CT molecular complexity index is 2340. The number of aliphatic carboxylic acids is 1. The Labute approximate surface area is 356 Å². The van der Waals surface area contributed by atoms with Gasteiger partial charge in [0.05, 0.1) is 0 Å². The zero-order valence-electron chi connectivity index (χ0n) is 33.7. The first-order chi connectivity index (χ1) is 28.7. The predicted octanol–water partition coefficient (Wildman–Crippen LogP) is 6.11. The van der Waals surface area contributed by atoms with Gasteiger partial charge in [-0.2, -0.15) is 4.37 Å². The molecular formula is C45H45N6O7S2+. The second-order valence-corrected chi connectivity index (χ2v) is 17.7. The number of carboxylic acids is 1. The van der Waals surface area contributed by atoms with Crippen LogP contribution in [0.25, 0.3) is 0 Å². The third kappa shape index (κ3) is 8.68. The third-order valence-corrected chi connectivity index (χ3v) is 11.9. The summed E-state index contributed by atoms with van der Waals surface area (Å²) in [5.74, 6) is -3.01. The van der Waals surface area contributed by atoms with Crippen LogP contribution in [0.4, 0.5) is 5.00 Å². The van der Waals surface area contributed by atoms with Gasteiger partial charge in [-0.1, -0.05) is 102 Å². The van der Waals surface area contributed by atoms with Gasteiger partial charge in [-0.3, -0.25) is 14.5 Å². The van der Waals surface area contributed by atoms with Crippen molar-refractivity contribution in [3.63, 3.8) is 0 Å². The fourth-order valence-electron chi connectivity index (χ4n) is 6.99. The summed E-state index contributed by atoms with van der Waals surface area (Å²) >= 11 is 2.45. The molecule has 2 atom stereocenters. The molecule has 0 radical (unpaired) electrons. The Hall–Kier alpha value is -6.32. The average Bonchev–Trinajstić information content (AvgIpc) is 3.70. The molecule has 60 heavy (non-hydrogen) atoms. The maximum absolute atomic E-state index is 14.4. The predicted molar refractivity (Wildman–Crippen MR) is 229 cm³/mol. The number of nitrogens with zero attached hydrogens (tertiary/aromatic N) is 4. The molecule has 2 aliphatic rings. The number of carboxylic acid groups (broad SMARTS) is 1. The number of pyridine rings is 1. The van der Waals surface area contributed by atoms with E-state index in [9.17, 15) is 24.3 Å². The molecule has 3 aromatic carbocycles. The summed E-state index contributed by atoms with van der Waals surface area (Å²) in [7, 11) is 0. The van der Waals surface area contributed by atoms with Gasteiger partial charge >= 0.3 is 11.9 Å². The molecule has 2 aliphatic heterocycles. The molecule has 2 amide bonds. The van der Waals surface area contributed by atoms with Crippen molar-refractivity contribution >= 4 is 57.8 Å². The first-order valence-electron chi connectivity index (χ1n) is 19.2. The number of carbonyl (C=O) groups excluding carboxylic acids is 3. The Morgan fingerprint density at radius 2 is 1.42 bits per heavy atom. The van der Waals surface area contributed by atoms with E-state index in [1.165, 1.54) is 30.5 Å². The summed E-state index contributed by atoms with van der Waals surface area (Å²) in [6.07, 6.45) is 3.64. The van der Waals surface area contributed by atoms with Crippen LogP contribution in [0.2, 0.25) is 0 Å². The molecule has 13 nitrogen and oxygen atoms in total. The molecule has 1 fully saturated rings. The van der Waals surface area contributed by atoms with Crippen LogP contribution in [0.1, 0.15) is 57.0 Å². The van der Waals surface area contributed by atoms with E-state index in [0.29, 0.717) is 16.3 Å². The van der Waals surface area contributed by atoms with Crippen LogP contribution in [0.5, 0.6) is 0 Å². The fourth-order valence-corrected chi connectivity index (χ4v) is 9.02. The second kappa shape index (κ2) is 17.1. The number of nitrogens with one attached hydrogen (secondary N) is 2. The zero-order chi connectivity index (χ0) is 42.7. The summed E-state index contributed by atoms with van der Waals surface area (Å²) < 4.78 is 12.0. The van der Waals surface area contributed by atoms with E-state index in [1.54, 1.807) is 26.8 Å². The van der Waals surface area contributed by atoms with Gasteiger partial charge in [0.2, 0.25) is 5.60 Å². The summed E-state index contributed by atoms with van der Waals surface area (Å²) in [6, 6.07) is 36.1. The summed E-state index contributed by atoms with van der Waals surface area (Å²) in [5.41, 5.74) is -0.241. The zero-order valence-corrected chi connectivity index (χ0v) is 35.3. The van der Waals surface area contributed by atoms with E-state index in [2.05, 4.69) is 20.2 Å². The largest absolute Gasteiger partial charge is 0.477 e. The third-order valence-electron chi connectivity index (χ3n) is 9.84. The van der Waals surface area contributed by atoms with Crippen LogP contribution in [0, 0.1) is 0 Å². The Morgan fingerprint density at radius 3 is 1.95 bits per heavy atom. The molecule has 3 N–H and O–H groups in total. The maximum Gasteiger partial charge on any atom is 0.353 e. The first kappa shape index (κ1) is 41.8. The van der Waals surface area contributed by atoms with E-state index in [4.69, 9.17) is 9.57 Å². The van der Waals surface area contributed by atoms with E-state index in [1.807, 2.05) is 126 Å². The van der Waals surface area contributed by atoms with Crippen molar-refractivity contribution in [1.29, 1.82) is 0 Å². The monoisotopic (exact) mass is 845 g/mol. The van der Waals surface area contributed by atoms with Gasteiger partial charge in [0, 0.05) is 29.5 Å². The number of thioether (sulfide) groups is 1. The molecule has 0 saturated carbocycles. The topological polar surface area (TPSA) is 163 Å². The molecule has 15 heteroatoms. The molecule has 1 saturated heterocycles. The molecule has 2 aromatic heterocycles. The summed E-state index contributed by atoms with van der Waals surface area (Å²) in [5, 5.41) is 20.9. The number of rotatable bonds is 14. The maximum atomic E-state index is 14.4. The van der Waals surface area contributed by atoms with Crippen molar-refractivity contribution in [2.24, 2.45) is 5.16 Å². The van der Waals surface area contributed by atoms with Gasteiger partial charge in [0.1, 0.15) is 38.9 Å². The fraction of sp³-hybridized carbons (Fsp3) is 0.267. The standard InChI is InChI=1S/C45H44N6O7S2/c1-43(2,3)57-42(56)44(4,5)58-48-35(38(52)46-36-39(53)51-37(41(54)55)29(28-59-40(36)51)27-50-24-16-9-17-25-50)33-26-34(60-49-33)47-45(30-18-10-6-11-19-30,31-20-12-7-13-21-31)32-22-14-8-15-23-32/h6-26,36,40H,27-28H2,1-5H3,(H2-,46,47,49,52,54,55)/p+1/b48-35+/t36-,40-/m1/s1. The number of hydrogen-bond acceptors (Lipinski definition) is 11. The molecule has 0 spiro atoms. The number of aromatic nitrogens is 2. The lowest BCUT2D eigenvalue weighted by molar-refractivity contribution is -0.689. The van der Waals surface area contributed by atoms with Crippen LogP contribution in [-0.4, -0.2) is 72.2 Å². The van der Waals surface area contributed by atoms with E-state index >= 15 is 0 Å². The van der Waals surface area contributed by atoms with Gasteiger partial charge in [0.25, 0.3) is 11.8 Å². The lowest BCUT2D eigenvalue weighted by atomic mass is 9.77. The highest BCUT2D eigenvalue weighted by atomic mass is 32.2. The van der Waals surface area contributed by atoms with Crippen LogP contribution in [-0.2, 0) is 40.8 Å². The molecule has 7 rings (SSSR count). The van der Waals surface area contributed by atoms with Crippen LogP contribution < -0.4 is 15.2 Å². The minimum atomic E-state index is -1.63. The highest BCUT2D eigenvalue weighted by molar-refractivity contribution is 8.00. The smallest absolute Gasteiger partial charge is 0.353 e. The Balaban J connectivity index is 1.22. The first-order valence-corrected chi connectivity index (χ1v) is 21.1. The number of hydrogen-bond donors (Lipinski definition) is 3. The van der Waals surface area contributed by atoms with Crippen LogP contribution >= 0.6 is 23.3 Å². The molecule has 0 aliphatic carbocycles. The molecule has 4 heterocycles. The highest BCUT2D eigenvalue weighted by Crippen LogP contribution is 2.42. The summed E-state index contributed by atoms with van der Waals surface area (Å²) in [6.45, 7) is 8.40. The van der Waals surface area contributed by atoms with Crippen molar-refractivity contribution in [2.75, 3.05) is 11.1 Å². The minimum absolute atomic E-state index is 0.101. The van der Waals surface area contributed by atoms with Crippen molar-refractivity contribution in [2.45, 2.75) is 69.3 Å². The van der Waals surface area contributed by atoms with E-state index in [-0.39, 0.29) is 23.6 Å². The number of fused-ring (bicyclic) bond motifs is 1. The lowest BCUT2D eigenvalue weighted by Gasteiger charge is -2.49. The number of β-lactam (4-membered cyclic amide) rings is 1. The van der Waals surface area contributed by atoms with E-state index in [0.717, 1.165) is 28.2 Å². The van der Waals surface area contributed by atoms with Crippen molar-refractivity contribution in [3.8, 4) is 0 Å². The van der Waals surface area contributed by atoms with Gasteiger partial charge in [-0.05, 0) is 62.8 Å². The van der Waals surface area contributed by atoms with Crippen molar-refractivity contribution in [3.05, 3.63) is 161 Å².